The van der Waals surface area contributed by atoms with Gasteiger partial charge in [0.05, 0.1) is 0 Å². The summed E-state index contributed by atoms with van der Waals surface area (Å²) in [5.41, 5.74) is 0. The number of carbonyl (C=O) groups is 1. The van der Waals surface area contributed by atoms with Crippen molar-refractivity contribution in [3.8, 4) is 0 Å². The molecule has 0 N–H and O–H groups in total. The molecule has 3 heterocycles. The van der Waals surface area contributed by atoms with E-state index in [0.29, 0.717) is 19.0 Å². The van der Waals surface area contributed by atoms with E-state index in [1.807, 2.05) is 13.8 Å². The standard InChI is InChI=1S/C14H19ClN6O2/c1-8(2)10-16-12(23-19-10)9-4-6-21(7-5-9)13(22)11-17-14(15)20(3)18-11/h8-9H,4-7H2,1-3H3. The molecule has 0 aromatic carbocycles. The van der Waals surface area contributed by atoms with Crippen molar-refractivity contribution in [2.24, 2.45) is 7.05 Å². The number of hydrogen-bond donors (Lipinski definition) is 0. The summed E-state index contributed by atoms with van der Waals surface area (Å²) in [5, 5.41) is 8.23. The second-order valence-electron chi connectivity index (χ2n) is 6.04. The van der Waals surface area contributed by atoms with E-state index in [4.69, 9.17) is 16.1 Å². The van der Waals surface area contributed by atoms with Gasteiger partial charge in [0.1, 0.15) is 0 Å². The van der Waals surface area contributed by atoms with Crippen molar-refractivity contribution in [1.82, 2.24) is 29.8 Å². The van der Waals surface area contributed by atoms with Crippen LogP contribution >= 0.6 is 11.6 Å². The highest BCUT2D eigenvalue weighted by atomic mass is 35.5. The van der Waals surface area contributed by atoms with Crippen molar-refractivity contribution in [2.45, 2.75) is 38.5 Å². The monoisotopic (exact) mass is 338 g/mol. The van der Waals surface area contributed by atoms with E-state index in [1.165, 1.54) is 4.68 Å². The third-order valence-electron chi connectivity index (χ3n) is 4.01. The fourth-order valence-corrected chi connectivity index (χ4v) is 2.69. The average Bonchev–Trinajstić information content (AvgIpc) is 3.15. The largest absolute Gasteiger partial charge is 0.339 e. The first-order chi connectivity index (χ1) is 11.0. The van der Waals surface area contributed by atoms with Crippen LogP contribution in [0.2, 0.25) is 5.28 Å². The van der Waals surface area contributed by atoms with Crippen LogP contribution < -0.4 is 0 Å². The number of nitrogens with zero attached hydrogens (tertiary/aromatic N) is 6. The van der Waals surface area contributed by atoms with E-state index >= 15 is 0 Å². The average molecular weight is 339 g/mol. The maximum Gasteiger partial charge on any atom is 0.293 e. The molecule has 9 heteroatoms. The zero-order chi connectivity index (χ0) is 16.6. The van der Waals surface area contributed by atoms with Gasteiger partial charge in [-0.25, -0.2) is 4.68 Å². The lowest BCUT2D eigenvalue weighted by atomic mass is 9.96. The lowest BCUT2D eigenvalue weighted by molar-refractivity contribution is 0.0692. The Morgan fingerprint density at radius 1 is 1.30 bits per heavy atom. The van der Waals surface area contributed by atoms with Crippen molar-refractivity contribution in [1.29, 1.82) is 0 Å². The van der Waals surface area contributed by atoms with Gasteiger partial charge in [-0.05, 0) is 24.4 Å². The number of rotatable bonds is 3. The second kappa shape index (κ2) is 6.27. The summed E-state index contributed by atoms with van der Waals surface area (Å²) in [5.74, 6) is 1.77. The molecule has 0 bridgehead atoms. The van der Waals surface area contributed by atoms with E-state index < -0.39 is 0 Å². The number of carbonyl (C=O) groups excluding carboxylic acids is 1. The molecule has 0 radical (unpaired) electrons. The van der Waals surface area contributed by atoms with Crippen LogP contribution in [0.5, 0.6) is 0 Å². The number of aromatic nitrogens is 5. The van der Waals surface area contributed by atoms with Gasteiger partial charge in [-0.3, -0.25) is 4.79 Å². The summed E-state index contributed by atoms with van der Waals surface area (Å²) in [6.07, 6.45) is 1.57. The Labute approximate surface area is 138 Å². The fraction of sp³-hybridized carbons (Fsp3) is 0.643. The maximum absolute atomic E-state index is 12.4. The van der Waals surface area contributed by atoms with Crippen LogP contribution in [-0.4, -0.2) is 48.8 Å². The van der Waals surface area contributed by atoms with Crippen molar-refractivity contribution < 1.29 is 9.32 Å². The molecular weight excluding hydrogens is 320 g/mol. The number of piperidine rings is 1. The Morgan fingerprint density at radius 3 is 2.52 bits per heavy atom. The molecule has 23 heavy (non-hydrogen) atoms. The van der Waals surface area contributed by atoms with Gasteiger partial charge in [0.2, 0.25) is 17.0 Å². The topological polar surface area (TPSA) is 89.9 Å². The van der Waals surface area contributed by atoms with Crippen molar-refractivity contribution in [3.63, 3.8) is 0 Å². The third kappa shape index (κ3) is 3.21. The molecule has 3 rings (SSSR count). The van der Waals surface area contributed by atoms with Gasteiger partial charge in [-0.15, -0.1) is 5.10 Å². The van der Waals surface area contributed by atoms with Crippen LogP contribution in [0.4, 0.5) is 0 Å². The van der Waals surface area contributed by atoms with E-state index in [2.05, 4.69) is 20.2 Å². The normalized spacial score (nSPS) is 16.3. The summed E-state index contributed by atoms with van der Waals surface area (Å²) >= 11 is 5.83. The van der Waals surface area contributed by atoms with Gasteiger partial charge in [-0.2, -0.15) is 9.97 Å². The predicted octanol–water partition coefficient (Wildman–Crippen LogP) is 1.99. The molecule has 0 aliphatic carbocycles. The Hall–Kier alpha value is -1.96. The minimum Gasteiger partial charge on any atom is -0.339 e. The van der Waals surface area contributed by atoms with Crippen LogP contribution in [0.15, 0.2) is 4.52 Å². The lowest BCUT2D eigenvalue weighted by Gasteiger charge is -2.29. The molecule has 0 saturated carbocycles. The number of amides is 1. The molecule has 1 fully saturated rings. The Morgan fingerprint density at radius 2 is 2.00 bits per heavy atom. The minimum atomic E-state index is -0.195. The minimum absolute atomic E-state index is 0.135. The van der Waals surface area contributed by atoms with Gasteiger partial charge in [-0.1, -0.05) is 19.0 Å². The molecule has 0 atom stereocenters. The summed E-state index contributed by atoms with van der Waals surface area (Å²) in [7, 11) is 1.65. The quantitative estimate of drug-likeness (QED) is 0.850. The van der Waals surface area contributed by atoms with Crippen LogP contribution in [0.3, 0.4) is 0 Å². The molecule has 2 aromatic heterocycles. The summed E-state index contributed by atoms with van der Waals surface area (Å²) in [4.78, 5) is 22.5. The predicted molar refractivity (Wildman–Crippen MR) is 82.3 cm³/mol. The van der Waals surface area contributed by atoms with Crippen LogP contribution in [-0.2, 0) is 7.05 Å². The SMILES string of the molecule is CC(C)c1noc(C2CCN(C(=O)c3nc(Cl)n(C)n3)CC2)n1. The molecule has 1 aliphatic heterocycles. The maximum atomic E-state index is 12.4. The van der Waals surface area contributed by atoms with E-state index in [0.717, 1.165) is 18.7 Å². The van der Waals surface area contributed by atoms with E-state index in [9.17, 15) is 4.79 Å². The molecule has 0 unspecified atom stereocenters. The zero-order valence-electron chi connectivity index (χ0n) is 13.4. The van der Waals surface area contributed by atoms with Crippen molar-refractivity contribution >= 4 is 17.5 Å². The van der Waals surface area contributed by atoms with Crippen LogP contribution in [0.25, 0.3) is 0 Å². The van der Waals surface area contributed by atoms with Gasteiger partial charge >= 0.3 is 0 Å². The number of aryl methyl sites for hydroxylation is 1. The highest BCUT2D eigenvalue weighted by Gasteiger charge is 2.29. The Bertz CT molecular complexity index is 682. The Balaban J connectivity index is 1.62. The smallest absolute Gasteiger partial charge is 0.293 e. The molecule has 1 aliphatic rings. The highest BCUT2D eigenvalue weighted by Crippen LogP contribution is 2.28. The number of halogens is 1. The van der Waals surface area contributed by atoms with E-state index in [1.54, 1.807) is 11.9 Å². The van der Waals surface area contributed by atoms with Gasteiger partial charge in [0, 0.05) is 32.0 Å². The molecule has 0 spiro atoms. The van der Waals surface area contributed by atoms with E-state index in [-0.39, 0.29) is 28.9 Å². The molecule has 1 amide bonds. The lowest BCUT2D eigenvalue weighted by Crippen LogP contribution is -2.38. The fourth-order valence-electron chi connectivity index (χ4n) is 2.57. The molecule has 2 aromatic rings. The summed E-state index contributed by atoms with van der Waals surface area (Å²) in [6.45, 7) is 5.28. The molecule has 1 saturated heterocycles. The summed E-state index contributed by atoms with van der Waals surface area (Å²) < 4.78 is 6.74. The number of hydrogen-bond acceptors (Lipinski definition) is 6. The van der Waals surface area contributed by atoms with Crippen LogP contribution in [0, 0.1) is 0 Å². The second-order valence-corrected chi connectivity index (χ2v) is 6.38. The Kier molecular flexibility index (Phi) is 4.34. The summed E-state index contributed by atoms with van der Waals surface area (Å²) in [6, 6.07) is 0. The highest BCUT2D eigenvalue weighted by molar-refractivity contribution is 6.28. The molecular formula is C14H19ClN6O2. The first kappa shape index (κ1) is 15.9. The first-order valence-electron chi connectivity index (χ1n) is 7.65. The van der Waals surface area contributed by atoms with Gasteiger partial charge < -0.3 is 9.42 Å². The zero-order valence-corrected chi connectivity index (χ0v) is 14.1. The van der Waals surface area contributed by atoms with Crippen molar-refractivity contribution in [3.05, 3.63) is 22.8 Å². The van der Waals surface area contributed by atoms with Gasteiger partial charge in [0.25, 0.3) is 5.91 Å². The molecule has 8 nitrogen and oxygen atoms in total. The van der Waals surface area contributed by atoms with Crippen LogP contribution in [0.1, 0.15) is 60.9 Å². The van der Waals surface area contributed by atoms with Gasteiger partial charge in [0.15, 0.2) is 5.82 Å². The first-order valence-corrected chi connectivity index (χ1v) is 8.02. The third-order valence-corrected chi connectivity index (χ3v) is 4.34. The van der Waals surface area contributed by atoms with Crippen molar-refractivity contribution in [2.75, 3.05) is 13.1 Å². The molecule has 124 valence electrons. The number of likely N-dealkylation sites (tertiary alicyclic amines) is 1.